The molecule has 1 heterocycles. The average molecular weight is 429 g/mol. The molecule has 0 aliphatic carbocycles. The maximum Gasteiger partial charge on any atom is 0.263 e. The molecular weight excluding hydrogens is 411 g/mol. The van der Waals surface area contributed by atoms with Gasteiger partial charge in [-0.25, -0.2) is 8.42 Å². The number of sulfonamides is 1. The Morgan fingerprint density at radius 1 is 1.15 bits per heavy atom. The summed E-state index contributed by atoms with van der Waals surface area (Å²) in [5.74, 6) is -0.388. The lowest BCUT2D eigenvalue weighted by molar-refractivity contribution is 0.0858. The lowest BCUT2D eigenvalue weighted by Gasteiger charge is -2.15. The fourth-order valence-electron chi connectivity index (χ4n) is 2.77. The Morgan fingerprint density at radius 3 is 2.67 bits per heavy atom. The highest BCUT2D eigenvalue weighted by Gasteiger charge is 2.23. The van der Waals surface area contributed by atoms with Crippen LogP contribution in [0.2, 0.25) is 10.0 Å². The van der Waals surface area contributed by atoms with Crippen molar-refractivity contribution in [2.75, 3.05) is 17.9 Å². The quantitative estimate of drug-likeness (QED) is 0.734. The Morgan fingerprint density at radius 2 is 1.93 bits per heavy atom. The molecule has 1 saturated heterocycles. The standard InChI is InChI=1S/C18H18Cl2N2O4S/c19-14-7-3-9-16(17(14)20)27(24,25)22-15-8-2-1-6-13(15)18(23)21-11-12-5-4-10-26-12/h1-3,6-9,12,22H,4-5,10-11H2,(H,21,23). The number of carbonyl (C=O) groups is 1. The van der Waals surface area contributed by atoms with Crippen LogP contribution >= 0.6 is 23.2 Å². The van der Waals surface area contributed by atoms with Crippen LogP contribution in [0.1, 0.15) is 23.2 Å². The van der Waals surface area contributed by atoms with Gasteiger partial charge in [0.1, 0.15) is 4.90 Å². The summed E-state index contributed by atoms with van der Waals surface area (Å²) in [4.78, 5) is 12.4. The minimum absolute atomic E-state index is 0.0110. The number of para-hydroxylation sites is 1. The molecule has 1 fully saturated rings. The van der Waals surface area contributed by atoms with Crippen molar-refractivity contribution in [2.45, 2.75) is 23.8 Å². The second kappa shape index (κ2) is 8.48. The van der Waals surface area contributed by atoms with E-state index in [0.717, 1.165) is 12.8 Å². The van der Waals surface area contributed by atoms with E-state index in [9.17, 15) is 13.2 Å². The maximum atomic E-state index is 12.7. The van der Waals surface area contributed by atoms with Gasteiger partial charge in [0.15, 0.2) is 0 Å². The van der Waals surface area contributed by atoms with Gasteiger partial charge in [-0.15, -0.1) is 0 Å². The highest BCUT2D eigenvalue weighted by atomic mass is 35.5. The fourth-order valence-corrected chi connectivity index (χ4v) is 4.61. The van der Waals surface area contributed by atoms with Crippen LogP contribution < -0.4 is 10.0 Å². The molecule has 0 aromatic heterocycles. The van der Waals surface area contributed by atoms with Gasteiger partial charge in [0.25, 0.3) is 15.9 Å². The Kier molecular flexibility index (Phi) is 6.26. The van der Waals surface area contributed by atoms with Gasteiger partial charge >= 0.3 is 0 Å². The number of carbonyl (C=O) groups excluding carboxylic acids is 1. The maximum absolute atomic E-state index is 12.7. The molecule has 27 heavy (non-hydrogen) atoms. The number of benzene rings is 2. The third kappa shape index (κ3) is 4.73. The normalized spacial score (nSPS) is 16.9. The van der Waals surface area contributed by atoms with E-state index in [4.69, 9.17) is 27.9 Å². The summed E-state index contributed by atoms with van der Waals surface area (Å²) in [7, 11) is -4.02. The third-order valence-corrected chi connectivity index (χ3v) is 6.47. The topological polar surface area (TPSA) is 84.5 Å². The fraction of sp³-hybridized carbons (Fsp3) is 0.278. The Hall–Kier alpha value is -1.80. The van der Waals surface area contributed by atoms with Crippen molar-refractivity contribution in [1.29, 1.82) is 0 Å². The number of amides is 1. The van der Waals surface area contributed by atoms with Gasteiger partial charge in [0, 0.05) is 13.2 Å². The number of rotatable bonds is 6. The number of hydrogen-bond donors (Lipinski definition) is 2. The zero-order chi connectivity index (χ0) is 19.4. The molecule has 0 bridgehead atoms. The Labute approximate surface area is 167 Å². The summed E-state index contributed by atoms with van der Waals surface area (Å²) in [6.45, 7) is 1.07. The molecular formula is C18H18Cl2N2O4S. The molecule has 2 N–H and O–H groups in total. The summed E-state index contributed by atoms with van der Waals surface area (Å²) in [5.41, 5.74) is 0.357. The largest absolute Gasteiger partial charge is 0.376 e. The summed E-state index contributed by atoms with van der Waals surface area (Å²) in [5, 5.41) is 2.83. The van der Waals surface area contributed by atoms with Gasteiger partial charge in [-0.3, -0.25) is 9.52 Å². The molecule has 9 heteroatoms. The molecule has 2 aromatic carbocycles. The molecule has 1 unspecified atom stereocenters. The van der Waals surface area contributed by atoms with Gasteiger partial charge in [0.2, 0.25) is 0 Å². The van der Waals surface area contributed by atoms with Crippen LogP contribution in [-0.4, -0.2) is 33.6 Å². The average Bonchev–Trinajstić information content (AvgIpc) is 3.15. The molecule has 1 amide bonds. The first kappa shape index (κ1) is 19.9. The monoisotopic (exact) mass is 428 g/mol. The van der Waals surface area contributed by atoms with Crippen LogP contribution in [0.15, 0.2) is 47.4 Å². The predicted octanol–water partition coefficient (Wildman–Crippen LogP) is 3.70. The van der Waals surface area contributed by atoms with Gasteiger partial charge in [-0.2, -0.15) is 0 Å². The molecule has 0 spiro atoms. The summed E-state index contributed by atoms with van der Waals surface area (Å²) in [6, 6.07) is 10.7. The van der Waals surface area contributed by atoms with Crippen molar-refractivity contribution in [2.24, 2.45) is 0 Å². The lowest BCUT2D eigenvalue weighted by atomic mass is 10.1. The first-order chi connectivity index (χ1) is 12.9. The van der Waals surface area contributed by atoms with Crippen LogP contribution in [0.4, 0.5) is 5.69 Å². The Bertz CT molecular complexity index is 944. The molecule has 144 valence electrons. The Balaban J connectivity index is 1.81. The minimum Gasteiger partial charge on any atom is -0.376 e. The number of anilines is 1. The van der Waals surface area contributed by atoms with Crippen LogP contribution in [-0.2, 0) is 14.8 Å². The van der Waals surface area contributed by atoms with E-state index in [2.05, 4.69) is 10.0 Å². The molecule has 1 aliphatic heterocycles. The van der Waals surface area contributed by atoms with Crippen LogP contribution in [0.3, 0.4) is 0 Å². The first-order valence-electron chi connectivity index (χ1n) is 8.34. The SMILES string of the molecule is O=C(NCC1CCCO1)c1ccccc1NS(=O)(=O)c1cccc(Cl)c1Cl. The van der Waals surface area contributed by atoms with E-state index in [0.29, 0.717) is 13.2 Å². The smallest absolute Gasteiger partial charge is 0.263 e. The summed E-state index contributed by atoms with van der Waals surface area (Å²) >= 11 is 11.9. The number of halogens is 2. The third-order valence-electron chi connectivity index (χ3n) is 4.14. The van der Waals surface area contributed by atoms with Crippen LogP contribution in [0.5, 0.6) is 0 Å². The zero-order valence-electron chi connectivity index (χ0n) is 14.2. The van der Waals surface area contributed by atoms with Crippen molar-refractivity contribution in [1.82, 2.24) is 5.32 Å². The minimum atomic E-state index is -4.02. The summed E-state index contributed by atoms with van der Waals surface area (Å²) < 4.78 is 33.3. The van der Waals surface area contributed by atoms with E-state index in [1.165, 1.54) is 24.3 Å². The molecule has 6 nitrogen and oxygen atoms in total. The van der Waals surface area contributed by atoms with E-state index in [1.807, 2.05) is 0 Å². The molecule has 2 aromatic rings. The highest BCUT2D eigenvalue weighted by molar-refractivity contribution is 7.92. The van der Waals surface area contributed by atoms with E-state index in [-0.39, 0.29) is 38.2 Å². The zero-order valence-corrected chi connectivity index (χ0v) is 16.6. The van der Waals surface area contributed by atoms with Gasteiger partial charge in [-0.05, 0) is 37.1 Å². The second-order valence-electron chi connectivity index (χ2n) is 6.05. The van der Waals surface area contributed by atoms with Gasteiger partial charge in [-0.1, -0.05) is 41.4 Å². The molecule has 0 radical (unpaired) electrons. The van der Waals surface area contributed by atoms with Gasteiger partial charge in [0.05, 0.1) is 27.4 Å². The molecule has 3 rings (SSSR count). The van der Waals surface area contributed by atoms with Crippen molar-refractivity contribution < 1.29 is 17.9 Å². The lowest BCUT2D eigenvalue weighted by Crippen LogP contribution is -2.32. The number of ether oxygens (including phenoxy) is 1. The highest BCUT2D eigenvalue weighted by Crippen LogP contribution is 2.30. The van der Waals surface area contributed by atoms with E-state index >= 15 is 0 Å². The van der Waals surface area contributed by atoms with Gasteiger partial charge < -0.3 is 10.1 Å². The van der Waals surface area contributed by atoms with Crippen molar-refractivity contribution in [3.63, 3.8) is 0 Å². The second-order valence-corrected chi connectivity index (χ2v) is 8.48. The summed E-state index contributed by atoms with van der Waals surface area (Å²) in [6.07, 6.45) is 1.85. The van der Waals surface area contributed by atoms with Crippen molar-refractivity contribution in [3.05, 3.63) is 58.1 Å². The van der Waals surface area contributed by atoms with Crippen molar-refractivity contribution >= 4 is 44.8 Å². The predicted molar refractivity (Wildman–Crippen MR) is 105 cm³/mol. The first-order valence-corrected chi connectivity index (χ1v) is 10.6. The van der Waals surface area contributed by atoms with Crippen LogP contribution in [0.25, 0.3) is 0 Å². The van der Waals surface area contributed by atoms with E-state index in [1.54, 1.807) is 18.2 Å². The number of nitrogens with one attached hydrogen (secondary N) is 2. The molecule has 1 atom stereocenters. The van der Waals surface area contributed by atoms with E-state index < -0.39 is 10.0 Å². The molecule has 1 aliphatic rings. The number of hydrogen-bond acceptors (Lipinski definition) is 4. The van der Waals surface area contributed by atoms with Crippen LogP contribution in [0, 0.1) is 0 Å². The van der Waals surface area contributed by atoms with Crippen molar-refractivity contribution in [3.8, 4) is 0 Å². The molecule has 0 saturated carbocycles.